The van der Waals surface area contributed by atoms with Gasteiger partial charge in [0.05, 0.1) is 12.1 Å². The summed E-state index contributed by atoms with van der Waals surface area (Å²) in [7, 11) is 0. The van der Waals surface area contributed by atoms with Crippen molar-refractivity contribution in [3.05, 3.63) is 22.9 Å². The number of nitrogens with zero attached hydrogens (tertiary/aromatic N) is 2. The highest BCUT2D eigenvalue weighted by atomic mass is 16.1. The number of aromatic nitrogens is 1. The molecule has 2 N–H and O–H groups in total. The number of carbonyl (C=O) groups is 1. The van der Waals surface area contributed by atoms with E-state index in [1.54, 1.807) is 0 Å². The van der Waals surface area contributed by atoms with Gasteiger partial charge in [-0.15, -0.1) is 0 Å². The van der Waals surface area contributed by atoms with Crippen LogP contribution in [-0.4, -0.2) is 24.0 Å². The minimum Gasteiger partial charge on any atom is -0.360 e. The number of aryl methyl sites for hydroxylation is 2. The molecular weight excluding hydrogens is 240 g/mol. The molecule has 1 aromatic rings. The quantitative estimate of drug-likeness (QED) is 0.836. The highest BCUT2D eigenvalue weighted by Crippen LogP contribution is 2.24. The van der Waals surface area contributed by atoms with Crippen molar-refractivity contribution in [2.75, 3.05) is 18.4 Å². The molecule has 0 radical (unpaired) electrons. The molecule has 0 fully saturated rings. The molecule has 5 heteroatoms. The lowest BCUT2D eigenvalue weighted by atomic mass is 10.1. The van der Waals surface area contributed by atoms with E-state index in [4.69, 9.17) is 5.26 Å². The number of fused-ring (bicyclic) bond motifs is 1. The van der Waals surface area contributed by atoms with Crippen LogP contribution in [0.25, 0.3) is 0 Å². The fourth-order valence-corrected chi connectivity index (χ4v) is 2.18. The Labute approximate surface area is 113 Å². The van der Waals surface area contributed by atoms with Gasteiger partial charge in [-0.25, -0.2) is 4.98 Å². The Morgan fingerprint density at radius 3 is 3.11 bits per heavy atom. The monoisotopic (exact) mass is 258 g/mol. The maximum atomic E-state index is 11.5. The van der Waals surface area contributed by atoms with Gasteiger partial charge in [-0.05, 0) is 37.3 Å². The molecule has 1 heterocycles. The van der Waals surface area contributed by atoms with Crippen LogP contribution in [0.4, 0.5) is 5.82 Å². The van der Waals surface area contributed by atoms with Crippen molar-refractivity contribution in [3.63, 3.8) is 0 Å². The predicted molar refractivity (Wildman–Crippen MR) is 72.8 cm³/mol. The molecule has 0 unspecified atom stereocenters. The summed E-state index contributed by atoms with van der Waals surface area (Å²) in [5.41, 5.74) is 2.73. The summed E-state index contributed by atoms with van der Waals surface area (Å²) in [6.07, 6.45) is 3.95. The number of hydrogen-bond acceptors (Lipinski definition) is 4. The molecule has 0 saturated carbocycles. The minimum atomic E-state index is -0.0759. The minimum absolute atomic E-state index is 0.0759. The summed E-state index contributed by atoms with van der Waals surface area (Å²) in [4.78, 5) is 16.0. The zero-order valence-corrected chi connectivity index (χ0v) is 11.1. The third-order valence-electron chi connectivity index (χ3n) is 3.16. The summed E-state index contributed by atoms with van der Waals surface area (Å²) in [5.74, 6) is 0.447. The van der Waals surface area contributed by atoms with Crippen molar-refractivity contribution in [1.29, 1.82) is 5.26 Å². The zero-order valence-electron chi connectivity index (χ0n) is 11.1. The summed E-state index contributed by atoms with van der Waals surface area (Å²) in [6.45, 7) is 2.83. The van der Waals surface area contributed by atoms with Crippen LogP contribution in [0.5, 0.6) is 0 Å². The van der Waals surface area contributed by atoms with E-state index in [0.717, 1.165) is 36.9 Å². The van der Waals surface area contributed by atoms with Crippen LogP contribution in [0, 0.1) is 11.3 Å². The first kappa shape index (κ1) is 13.3. The highest BCUT2D eigenvalue weighted by molar-refractivity contribution is 5.80. The Balaban J connectivity index is 2.04. The Hall–Kier alpha value is -2.09. The molecule has 19 heavy (non-hydrogen) atoms. The molecule has 1 aliphatic rings. The van der Waals surface area contributed by atoms with Crippen molar-refractivity contribution < 1.29 is 4.79 Å². The van der Waals surface area contributed by atoms with E-state index >= 15 is 0 Å². The van der Waals surface area contributed by atoms with Gasteiger partial charge in [-0.3, -0.25) is 4.79 Å². The molecule has 100 valence electrons. The van der Waals surface area contributed by atoms with Crippen LogP contribution >= 0.6 is 0 Å². The van der Waals surface area contributed by atoms with Gasteiger partial charge in [-0.1, -0.05) is 6.92 Å². The smallest absolute Gasteiger partial charge is 0.239 e. The van der Waals surface area contributed by atoms with Crippen molar-refractivity contribution in [2.24, 2.45) is 0 Å². The van der Waals surface area contributed by atoms with Gasteiger partial charge in [0, 0.05) is 12.2 Å². The molecule has 0 aliphatic heterocycles. The molecule has 2 rings (SSSR count). The van der Waals surface area contributed by atoms with Gasteiger partial charge in [0.1, 0.15) is 11.9 Å². The van der Waals surface area contributed by atoms with Crippen LogP contribution < -0.4 is 10.6 Å². The van der Waals surface area contributed by atoms with Crippen LogP contribution in [0.3, 0.4) is 0 Å². The lowest BCUT2D eigenvalue weighted by molar-refractivity contribution is -0.119. The van der Waals surface area contributed by atoms with Crippen molar-refractivity contribution in [3.8, 4) is 6.07 Å². The number of hydrogen-bond donors (Lipinski definition) is 2. The second-order valence-electron chi connectivity index (χ2n) is 4.66. The van der Waals surface area contributed by atoms with Gasteiger partial charge in [-0.2, -0.15) is 5.26 Å². The first-order chi connectivity index (χ1) is 9.24. The summed E-state index contributed by atoms with van der Waals surface area (Å²) < 4.78 is 0. The first-order valence-electron chi connectivity index (χ1n) is 6.68. The molecule has 0 bridgehead atoms. The fourth-order valence-electron chi connectivity index (χ4n) is 2.18. The van der Waals surface area contributed by atoms with E-state index in [0.29, 0.717) is 17.9 Å². The largest absolute Gasteiger partial charge is 0.360 e. The number of pyridine rings is 1. The number of carbonyl (C=O) groups excluding carboxylic acids is 1. The van der Waals surface area contributed by atoms with Crippen LogP contribution in [0.15, 0.2) is 6.07 Å². The molecule has 0 aromatic carbocycles. The molecule has 1 amide bonds. The van der Waals surface area contributed by atoms with Crippen LogP contribution in [0.2, 0.25) is 0 Å². The summed E-state index contributed by atoms with van der Waals surface area (Å²) in [6, 6.07) is 4.03. The Bertz CT molecular complexity index is 519. The standard InChI is InChI=1S/C14H18N4O/c1-2-6-16-13(19)9-17-14-11(8-15)7-10-4-3-5-12(10)18-14/h7H,2-6,9H2,1H3,(H,16,19)(H,17,18). The number of nitriles is 1. The molecular formula is C14H18N4O. The van der Waals surface area contributed by atoms with Gasteiger partial charge in [0.2, 0.25) is 5.91 Å². The average molecular weight is 258 g/mol. The molecule has 1 aliphatic carbocycles. The fraction of sp³-hybridized carbons (Fsp3) is 0.500. The van der Waals surface area contributed by atoms with E-state index in [9.17, 15) is 4.79 Å². The Kier molecular flexibility index (Phi) is 4.35. The zero-order chi connectivity index (χ0) is 13.7. The van der Waals surface area contributed by atoms with Crippen molar-refractivity contribution in [2.45, 2.75) is 32.6 Å². The predicted octanol–water partition coefficient (Wildman–Crippen LogP) is 1.38. The van der Waals surface area contributed by atoms with Crippen LogP contribution in [0.1, 0.15) is 36.6 Å². The molecule has 5 nitrogen and oxygen atoms in total. The highest BCUT2D eigenvalue weighted by Gasteiger charge is 2.16. The molecule has 1 aromatic heterocycles. The van der Waals surface area contributed by atoms with Gasteiger partial charge in [0.25, 0.3) is 0 Å². The van der Waals surface area contributed by atoms with Crippen molar-refractivity contribution >= 4 is 11.7 Å². The van der Waals surface area contributed by atoms with Gasteiger partial charge >= 0.3 is 0 Å². The number of nitrogens with one attached hydrogen (secondary N) is 2. The third kappa shape index (κ3) is 3.22. The number of rotatable bonds is 5. The van der Waals surface area contributed by atoms with E-state index in [1.165, 1.54) is 0 Å². The summed E-state index contributed by atoms with van der Waals surface area (Å²) >= 11 is 0. The second kappa shape index (κ2) is 6.19. The third-order valence-corrected chi connectivity index (χ3v) is 3.16. The lowest BCUT2D eigenvalue weighted by Gasteiger charge is -2.09. The number of anilines is 1. The van der Waals surface area contributed by atoms with Crippen molar-refractivity contribution in [1.82, 2.24) is 10.3 Å². The van der Waals surface area contributed by atoms with E-state index in [-0.39, 0.29) is 12.5 Å². The topological polar surface area (TPSA) is 77.8 Å². The van der Waals surface area contributed by atoms with Gasteiger partial charge < -0.3 is 10.6 Å². The average Bonchev–Trinajstić information content (AvgIpc) is 2.88. The SMILES string of the molecule is CCCNC(=O)CNc1nc2c(cc1C#N)CCC2. The maximum Gasteiger partial charge on any atom is 0.239 e. The lowest BCUT2D eigenvalue weighted by Crippen LogP contribution is -2.30. The normalized spacial score (nSPS) is 12.6. The number of amides is 1. The Morgan fingerprint density at radius 2 is 2.37 bits per heavy atom. The first-order valence-corrected chi connectivity index (χ1v) is 6.68. The molecule has 0 saturated heterocycles. The molecule has 0 spiro atoms. The molecule has 0 atom stereocenters. The van der Waals surface area contributed by atoms with Gasteiger partial charge in [0.15, 0.2) is 0 Å². The van der Waals surface area contributed by atoms with Crippen LogP contribution in [-0.2, 0) is 17.6 Å². The Morgan fingerprint density at radius 1 is 1.53 bits per heavy atom. The van der Waals surface area contributed by atoms with E-state index < -0.39 is 0 Å². The van der Waals surface area contributed by atoms with E-state index in [2.05, 4.69) is 21.7 Å². The maximum absolute atomic E-state index is 11.5. The second-order valence-corrected chi connectivity index (χ2v) is 4.66. The summed E-state index contributed by atoms with van der Waals surface area (Å²) in [5, 5.41) is 14.9. The van der Waals surface area contributed by atoms with E-state index in [1.807, 2.05) is 13.0 Å².